The summed E-state index contributed by atoms with van der Waals surface area (Å²) in [6.07, 6.45) is 3.18. The third-order valence-corrected chi connectivity index (χ3v) is 3.88. The van der Waals surface area contributed by atoms with Gasteiger partial charge >= 0.3 is 0 Å². The van der Waals surface area contributed by atoms with Crippen molar-refractivity contribution in [3.8, 4) is 11.5 Å². The van der Waals surface area contributed by atoms with Crippen LogP contribution in [0.15, 0.2) is 24.3 Å². The van der Waals surface area contributed by atoms with Gasteiger partial charge in [-0.05, 0) is 56.5 Å². The first-order chi connectivity index (χ1) is 11.1. The molecule has 5 nitrogen and oxygen atoms in total. The number of rotatable bonds is 7. The minimum atomic E-state index is -0.163. The van der Waals surface area contributed by atoms with Crippen LogP contribution in [-0.2, 0) is 6.42 Å². The zero-order valence-corrected chi connectivity index (χ0v) is 14.3. The van der Waals surface area contributed by atoms with Gasteiger partial charge < -0.3 is 9.47 Å². The van der Waals surface area contributed by atoms with Gasteiger partial charge in [-0.3, -0.25) is 4.79 Å². The number of benzene rings is 1. The fourth-order valence-corrected chi connectivity index (χ4v) is 2.51. The summed E-state index contributed by atoms with van der Waals surface area (Å²) in [6, 6.07) is 7.15. The minimum absolute atomic E-state index is 0.0402. The molecule has 23 heavy (non-hydrogen) atoms. The van der Waals surface area contributed by atoms with Crippen molar-refractivity contribution in [3.63, 3.8) is 0 Å². The van der Waals surface area contributed by atoms with Gasteiger partial charge in [-0.1, -0.05) is 13.3 Å². The van der Waals surface area contributed by atoms with Crippen LogP contribution in [0.2, 0.25) is 0 Å². The zero-order valence-electron chi connectivity index (χ0n) is 14.3. The smallest absolute Gasteiger partial charge is 0.284 e. The molecule has 0 aliphatic carbocycles. The van der Waals surface area contributed by atoms with Gasteiger partial charge in [0.1, 0.15) is 11.5 Å². The van der Waals surface area contributed by atoms with Crippen molar-refractivity contribution in [2.75, 3.05) is 13.7 Å². The molecule has 1 aromatic carbocycles. The lowest BCUT2D eigenvalue weighted by atomic mass is 10.1. The van der Waals surface area contributed by atoms with Crippen LogP contribution in [0.25, 0.3) is 0 Å². The molecule has 0 atom stereocenters. The van der Waals surface area contributed by atoms with E-state index < -0.39 is 0 Å². The Labute approximate surface area is 137 Å². The number of hydrogen-bond acceptors (Lipinski definition) is 4. The van der Waals surface area contributed by atoms with Crippen LogP contribution in [0.5, 0.6) is 11.5 Å². The standard InChI is InChI=1S/C18H24N2O3/c1-5-6-7-17-13(2)19-20(14(17)3)18(21)12-23-16-10-8-15(22-4)9-11-16/h8-11H,5-7,12H2,1-4H3. The van der Waals surface area contributed by atoms with Crippen LogP contribution in [0.1, 0.15) is 41.5 Å². The van der Waals surface area contributed by atoms with Crippen LogP contribution < -0.4 is 9.47 Å². The van der Waals surface area contributed by atoms with E-state index in [1.165, 1.54) is 10.2 Å². The van der Waals surface area contributed by atoms with E-state index in [2.05, 4.69) is 12.0 Å². The predicted molar refractivity (Wildman–Crippen MR) is 89.4 cm³/mol. The molecular formula is C18H24N2O3. The second kappa shape index (κ2) is 7.81. The number of nitrogens with zero attached hydrogens (tertiary/aromatic N) is 2. The maximum absolute atomic E-state index is 12.4. The molecule has 1 heterocycles. The number of hydrogen-bond donors (Lipinski definition) is 0. The predicted octanol–water partition coefficient (Wildman–Crippen LogP) is 3.57. The molecule has 0 spiro atoms. The molecule has 0 radical (unpaired) electrons. The zero-order chi connectivity index (χ0) is 16.8. The van der Waals surface area contributed by atoms with E-state index in [4.69, 9.17) is 9.47 Å². The largest absolute Gasteiger partial charge is 0.497 e. The summed E-state index contributed by atoms with van der Waals surface area (Å²) in [6.45, 7) is 6.01. The summed E-state index contributed by atoms with van der Waals surface area (Å²) >= 11 is 0. The Balaban J connectivity index is 2.02. The van der Waals surface area contributed by atoms with Gasteiger partial charge in [-0.25, -0.2) is 4.68 Å². The fraction of sp³-hybridized carbons (Fsp3) is 0.444. The van der Waals surface area contributed by atoms with E-state index in [0.717, 1.165) is 36.4 Å². The normalized spacial score (nSPS) is 10.6. The number of unbranched alkanes of at least 4 members (excludes halogenated alkanes) is 1. The SMILES string of the molecule is CCCCc1c(C)nn(C(=O)COc2ccc(OC)cc2)c1C. The number of carbonyl (C=O) groups excluding carboxylic acids is 1. The maximum Gasteiger partial charge on any atom is 0.284 e. The second-order valence-electron chi connectivity index (χ2n) is 5.52. The van der Waals surface area contributed by atoms with Crippen LogP contribution in [-0.4, -0.2) is 29.4 Å². The molecule has 0 unspecified atom stereocenters. The van der Waals surface area contributed by atoms with E-state index in [1.54, 1.807) is 31.4 Å². The molecule has 2 aromatic rings. The first-order valence-electron chi connectivity index (χ1n) is 7.92. The van der Waals surface area contributed by atoms with E-state index in [-0.39, 0.29) is 12.5 Å². The summed E-state index contributed by atoms with van der Waals surface area (Å²) in [7, 11) is 1.61. The summed E-state index contributed by atoms with van der Waals surface area (Å²) in [5, 5.41) is 4.37. The van der Waals surface area contributed by atoms with Gasteiger partial charge in [0.2, 0.25) is 0 Å². The highest BCUT2D eigenvalue weighted by Gasteiger charge is 2.16. The maximum atomic E-state index is 12.4. The Morgan fingerprint density at radius 3 is 2.43 bits per heavy atom. The van der Waals surface area contributed by atoms with Crippen LogP contribution in [0.4, 0.5) is 0 Å². The first-order valence-corrected chi connectivity index (χ1v) is 7.92. The van der Waals surface area contributed by atoms with Crippen LogP contribution in [0, 0.1) is 13.8 Å². The molecule has 5 heteroatoms. The molecule has 0 saturated carbocycles. The molecule has 1 aromatic heterocycles. The molecule has 0 bridgehead atoms. The summed E-state index contributed by atoms with van der Waals surface area (Å²) in [5.74, 6) is 1.22. The lowest BCUT2D eigenvalue weighted by Gasteiger charge is -2.07. The van der Waals surface area contributed by atoms with Crippen molar-refractivity contribution >= 4 is 5.91 Å². The Hall–Kier alpha value is -2.30. The number of aryl methyl sites for hydroxylation is 1. The topological polar surface area (TPSA) is 53.4 Å². The average molecular weight is 316 g/mol. The number of carbonyl (C=O) groups is 1. The third-order valence-electron chi connectivity index (χ3n) is 3.88. The number of aromatic nitrogens is 2. The molecule has 0 aliphatic rings. The first kappa shape index (κ1) is 17.1. The van der Waals surface area contributed by atoms with Gasteiger partial charge in [-0.15, -0.1) is 0 Å². The van der Waals surface area contributed by atoms with E-state index in [1.807, 2.05) is 13.8 Å². The van der Waals surface area contributed by atoms with Crippen molar-refractivity contribution in [2.24, 2.45) is 0 Å². The summed E-state index contributed by atoms with van der Waals surface area (Å²) < 4.78 is 12.1. The van der Waals surface area contributed by atoms with Gasteiger partial charge in [0, 0.05) is 5.69 Å². The highest BCUT2D eigenvalue weighted by Crippen LogP contribution is 2.18. The lowest BCUT2D eigenvalue weighted by Crippen LogP contribution is -2.21. The van der Waals surface area contributed by atoms with Crippen molar-refractivity contribution in [3.05, 3.63) is 41.2 Å². The van der Waals surface area contributed by atoms with E-state index in [9.17, 15) is 4.79 Å². The highest BCUT2D eigenvalue weighted by molar-refractivity contribution is 5.80. The van der Waals surface area contributed by atoms with Crippen molar-refractivity contribution in [1.82, 2.24) is 9.78 Å². The van der Waals surface area contributed by atoms with E-state index >= 15 is 0 Å². The second-order valence-corrected chi connectivity index (χ2v) is 5.52. The van der Waals surface area contributed by atoms with E-state index in [0.29, 0.717) is 5.75 Å². The van der Waals surface area contributed by atoms with Crippen molar-refractivity contribution in [2.45, 2.75) is 40.0 Å². The Bertz CT molecular complexity index is 660. The average Bonchev–Trinajstić information content (AvgIpc) is 2.85. The Kier molecular flexibility index (Phi) is 5.79. The monoisotopic (exact) mass is 316 g/mol. The molecule has 124 valence electrons. The van der Waals surface area contributed by atoms with Gasteiger partial charge in [-0.2, -0.15) is 5.10 Å². The third kappa shape index (κ3) is 4.12. The molecular weight excluding hydrogens is 292 g/mol. The molecule has 0 aliphatic heterocycles. The minimum Gasteiger partial charge on any atom is -0.497 e. The quantitative estimate of drug-likeness (QED) is 0.783. The van der Waals surface area contributed by atoms with Crippen LogP contribution >= 0.6 is 0 Å². The lowest BCUT2D eigenvalue weighted by molar-refractivity contribution is 0.0818. The fourth-order valence-electron chi connectivity index (χ4n) is 2.51. The Morgan fingerprint density at radius 2 is 1.83 bits per heavy atom. The molecule has 0 fully saturated rings. The van der Waals surface area contributed by atoms with Crippen molar-refractivity contribution < 1.29 is 14.3 Å². The van der Waals surface area contributed by atoms with Gasteiger partial charge in [0.05, 0.1) is 12.8 Å². The number of ether oxygens (including phenoxy) is 2. The Morgan fingerprint density at radius 1 is 1.17 bits per heavy atom. The molecule has 0 saturated heterocycles. The number of methoxy groups -OCH3 is 1. The van der Waals surface area contributed by atoms with Gasteiger partial charge in [0.15, 0.2) is 6.61 Å². The molecule has 0 amide bonds. The van der Waals surface area contributed by atoms with Crippen molar-refractivity contribution in [1.29, 1.82) is 0 Å². The molecule has 0 N–H and O–H groups in total. The summed E-state index contributed by atoms with van der Waals surface area (Å²) in [5.41, 5.74) is 3.01. The van der Waals surface area contributed by atoms with Crippen LogP contribution in [0.3, 0.4) is 0 Å². The highest BCUT2D eigenvalue weighted by atomic mass is 16.5. The summed E-state index contributed by atoms with van der Waals surface area (Å²) in [4.78, 5) is 12.4. The van der Waals surface area contributed by atoms with Gasteiger partial charge in [0.25, 0.3) is 5.91 Å². The molecule has 2 rings (SSSR count).